The molecule has 122 valence electrons. The summed E-state index contributed by atoms with van der Waals surface area (Å²) in [6.45, 7) is 0.715. The molecule has 3 nitrogen and oxygen atoms in total. The lowest BCUT2D eigenvalue weighted by molar-refractivity contribution is -0.117. The molecule has 1 amide bonds. The van der Waals surface area contributed by atoms with E-state index in [0.717, 1.165) is 27.9 Å². The number of benzene rings is 3. The maximum atomic E-state index is 12.6. The van der Waals surface area contributed by atoms with Gasteiger partial charge in [0.1, 0.15) is 6.54 Å². The van der Waals surface area contributed by atoms with E-state index in [2.05, 4.69) is 29.3 Å². The van der Waals surface area contributed by atoms with Gasteiger partial charge in [-0.15, -0.1) is 0 Å². The number of anilines is 1. The summed E-state index contributed by atoms with van der Waals surface area (Å²) >= 11 is 0. The van der Waals surface area contributed by atoms with Crippen LogP contribution in [0.4, 0.5) is 5.69 Å². The normalized spacial score (nSPS) is 13.4. The van der Waals surface area contributed by atoms with Gasteiger partial charge >= 0.3 is 0 Å². The highest BCUT2D eigenvalue weighted by Gasteiger charge is 2.21. The van der Waals surface area contributed by atoms with E-state index in [4.69, 9.17) is 0 Å². The molecule has 0 aromatic heterocycles. The summed E-state index contributed by atoms with van der Waals surface area (Å²) in [5.41, 5.74) is 5.32. The van der Waals surface area contributed by atoms with Crippen molar-refractivity contribution in [3.05, 3.63) is 90.0 Å². The van der Waals surface area contributed by atoms with Crippen molar-refractivity contribution in [2.45, 2.75) is 6.54 Å². The Kier molecular flexibility index (Phi) is 4.13. The lowest BCUT2D eigenvalue weighted by Gasteiger charge is -2.24. The molecule has 0 radical (unpaired) electrons. The van der Waals surface area contributed by atoms with Gasteiger partial charge in [-0.25, -0.2) is 0 Å². The van der Waals surface area contributed by atoms with Crippen molar-refractivity contribution in [3.8, 4) is 11.1 Å². The molecular formula is C22H18N2O. The largest absolute Gasteiger partial charge is 0.306 e. The molecule has 3 heteroatoms. The molecule has 3 aromatic carbocycles. The third-order valence-corrected chi connectivity index (χ3v) is 4.42. The smallest absolute Gasteiger partial charge is 0.248 e. The first-order chi connectivity index (χ1) is 12.3. The van der Waals surface area contributed by atoms with Crippen molar-refractivity contribution >= 4 is 17.8 Å². The van der Waals surface area contributed by atoms with Gasteiger partial charge < -0.3 is 4.90 Å². The Bertz CT molecular complexity index is 932. The fourth-order valence-corrected chi connectivity index (χ4v) is 3.19. The van der Waals surface area contributed by atoms with E-state index < -0.39 is 0 Å². The van der Waals surface area contributed by atoms with Gasteiger partial charge in [-0.1, -0.05) is 72.8 Å². The van der Waals surface area contributed by atoms with E-state index >= 15 is 0 Å². The van der Waals surface area contributed by atoms with Gasteiger partial charge in [-0.2, -0.15) is 0 Å². The second-order valence-electron chi connectivity index (χ2n) is 6.03. The Morgan fingerprint density at radius 1 is 0.840 bits per heavy atom. The number of fused-ring (bicyclic) bond motifs is 1. The molecular weight excluding hydrogens is 308 g/mol. The number of para-hydroxylation sites is 1. The molecule has 0 bridgehead atoms. The fraction of sp³-hybridized carbons (Fsp3) is 0.0909. The molecule has 25 heavy (non-hydrogen) atoms. The molecule has 1 aliphatic rings. The fourth-order valence-electron chi connectivity index (χ4n) is 3.19. The third-order valence-electron chi connectivity index (χ3n) is 4.42. The maximum absolute atomic E-state index is 12.6. The van der Waals surface area contributed by atoms with Gasteiger partial charge in [-0.3, -0.25) is 9.79 Å². The second-order valence-corrected chi connectivity index (χ2v) is 6.03. The SMILES string of the molecule is O=C1CN=Cc2ccccc2N1Cc1ccccc1-c1ccccc1. The van der Waals surface area contributed by atoms with Crippen molar-refractivity contribution in [2.75, 3.05) is 11.4 Å². The molecule has 0 spiro atoms. The molecule has 0 aliphatic carbocycles. The van der Waals surface area contributed by atoms with Crippen molar-refractivity contribution in [1.29, 1.82) is 0 Å². The van der Waals surface area contributed by atoms with Crippen LogP contribution in [-0.2, 0) is 11.3 Å². The lowest BCUT2D eigenvalue weighted by Crippen LogP contribution is -2.32. The summed E-state index contributed by atoms with van der Waals surface area (Å²) < 4.78 is 0. The average molecular weight is 326 g/mol. The molecule has 3 aromatic rings. The number of amides is 1. The first-order valence-electron chi connectivity index (χ1n) is 8.35. The van der Waals surface area contributed by atoms with Crippen LogP contribution >= 0.6 is 0 Å². The minimum absolute atomic E-state index is 0.0177. The number of aliphatic imine (C=N–C) groups is 1. The topological polar surface area (TPSA) is 32.7 Å². The number of nitrogens with zero attached hydrogens (tertiary/aromatic N) is 2. The van der Waals surface area contributed by atoms with Crippen LogP contribution in [0.3, 0.4) is 0 Å². The zero-order valence-corrected chi connectivity index (χ0v) is 13.8. The summed E-state index contributed by atoms with van der Waals surface area (Å²) in [5.74, 6) is 0.0177. The molecule has 0 saturated carbocycles. The van der Waals surface area contributed by atoms with E-state index in [1.165, 1.54) is 0 Å². The van der Waals surface area contributed by atoms with Gasteiger partial charge in [0.2, 0.25) is 5.91 Å². The number of rotatable bonds is 3. The molecule has 0 N–H and O–H groups in total. The monoisotopic (exact) mass is 326 g/mol. The molecule has 0 atom stereocenters. The third kappa shape index (κ3) is 3.09. The molecule has 0 saturated heterocycles. The predicted molar refractivity (Wildman–Crippen MR) is 102 cm³/mol. The number of carbonyl (C=O) groups excluding carboxylic acids is 1. The van der Waals surface area contributed by atoms with Crippen LogP contribution in [-0.4, -0.2) is 18.7 Å². The average Bonchev–Trinajstić information content (AvgIpc) is 2.82. The summed E-state index contributed by atoms with van der Waals surface area (Å²) in [5, 5.41) is 0. The minimum atomic E-state index is 0.0177. The van der Waals surface area contributed by atoms with Crippen LogP contribution in [0.1, 0.15) is 11.1 Å². The quantitative estimate of drug-likeness (QED) is 0.705. The van der Waals surface area contributed by atoms with Crippen LogP contribution in [0.5, 0.6) is 0 Å². The van der Waals surface area contributed by atoms with E-state index in [-0.39, 0.29) is 12.5 Å². The van der Waals surface area contributed by atoms with Crippen molar-refractivity contribution < 1.29 is 4.79 Å². The summed E-state index contributed by atoms with van der Waals surface area (Å²) in [6.07, 6.45) is 1.79. The van der Waals surface area contributed by atoms with Gasteiger partial charge in [0, 0.05) is 11.8 Å². The highest BCUT2D eigenvalue weighted by Crippen LogP contribution is 2.28. The van der Waals surface area contributed by atoms with Crippen LogP contribution < -0.4 is 4.90 Å². The van der Waals surface area contributed by atoms with Gasteiger partial charge in [0.25, 0.3) is 0 Å². The van der Waals surface area contributed by atoms with E-state index in [1.807, 2.05) is 59.5 Å². The molecule has 0 unspecified atom stereocenters. The Balaban J connectivity index is 1.75. The Morgan fingerprint density at radius 2 is 1.56 bits per heavy atom. The molecule has 1 heterocycles. The standard InChI is InChI=1S/C22H18N2O/c25-22-15-23-14-18-10-5-7-13-21(18)24(22)16-19-11-4-6-12-20(19)17-8-2-1-3-9-17/h1-14H,15-16H2. The van der Waals surface area contributed by atoms with Crippen molar-refractivity contribution in [1.82, 2.24) is 0 Å². The van der Waals surface area contributed by atoms with Gasteiger partial charge in [-0.05, 0) is 22.8 Å². The van der Waals surface area contributed by atoms with Crippen LogP contribution in [0.15, 0.2) is 83.9 Å². The van der Waals surface area contributed by atoms with Crippen LogP contribution in [0, 0.1) is 0 Å². The number of carbonyl (C=O) groups is 1. The summed E-state index contributed by atoms with van der Waals surface area (Å²) in [4.78, 5) is 18.7. The zero-order chi connectivity index (χ0) is 17.1. The minimum Gasteiger partial charge on any atom is -0.306 e. The van der Waals surface area contributed by atoms with Crippen molar-refractivity contribution in [3.63, 3.8) is 0 Å². The van der Waals surface area contributed by atoms with Crippen LogP contribution in [0.2, 0.25) is 0 Å². The summed E-state index contributed by atoms with van der Waals surface area (Å²) in [6, 6.07) is 26.4. The Morgan fingerprint density at radius 3 is 2.44 bits per heavy atom. The summed E-state index contributed by atoms with van der Waals surface area (Å²) in [7, 11) is 0. The lowest BCUT2D eigenvalue weighted by atomic mass is 9.99. The van der Waals surface area contributed by atoms with Gasteiger partial charge in [0.05, 0.1) is 12.2 Å². The van der Waals surface area contributed by atoms with E-state index in [0.29, 0.717) is 6.54 Å². The van der Waals surface area contributed by atoms with E-state index in [9.17, 15) is 4.79 Å². The highest BCUT2D eigenvalue weighted by molar-refractivity contribution is 6.03. The zero-order valence-electron chi connectivity index (χ0n) is 13.8. The Labute approximate surface area is 147 Å². The van der Waals surface area contributed by atoms with Gasteiger partial charge in [0.15, 0.2) is 0 Å². The number of benzodiazepines with no additional fused rings is 1. The molecule has 0 fully saturated rings. The highest BCUT2D eigenvalue weighted by atomic mass is 16.2. The van der Waals surface area contributed by atoms with Crippen LogP contribution in [0.25, 0.3) is 11.1 Å². The first-order valence-corrected chi connectivity index (χ1v) is 8.35. The predicted octanol–water partition coefficient (Wildman–Crippen LogP) is 4.32. The van der Waals surface area contributed by atoms with Crippen molar-refractivity contribution in [2.24, 2.45) is 4.99 Å². The molecule has 1 aliphatic heterocycles. The molecule has 4 rings (SSSR count). The first kappa shape index (κ1) is 15.3. The maximum Gasteiger partial charge on any atom is 0.248 e. The Hall–Kier alpha value is -3.20. The number of hydrogen-bond acceptors (Lipinski definition) is 2. The van der Waals surface area contributed by atoms with E-state index in [1.54, 1.807) is 6.21 Å². The second kappa shape index (κ2) is 6.73. The number of hydrogen-bond donors (Lipinski definition) is 0.